The highest BCUT2D eigenvalue weighted by atomic mass is 79.9. The van der Waals surface area contributed by atoms with Crippen LogP contribution in [0.5, 0.6) is 0 Å². The number of halogens is 2. The minimum Gasteiger partial charge on any atom is -0.317 e. The Bertz CT molecular complexity index is 363. The van der Waals surface area contributed by atoms with Crippen molar-refractivity contribution in [3.63, 3.8) is 0 Å². The molecule has 1 N–H and O–H groups in total. The third-order valence-electron chi connectivity index (χ3n) is 3.29. The van der Waals surface area contributed by atoms with Gasteiger partial charge in [-0.05, 0) is 62.4 Å². The molecule has 1 aromatic carbocycles. The van der Waals surface area contributed by atoms with Gasteiger partial charge in [0.25, 0.3) is 0 Å². The molecule has 0 saturated heterocycles. The first kappa shape index (κ1) is 12.1. The van der Waals surface area contributed by atoms with Crippen molar-refractivity contribution in [2.45, 2.75) is 31.7 Å². The molecule has 0 radical (unpaired) electrons. The summed E-state index contributed by atoms with van der Waals surface area (Å²) in [4.78, 5) is 0. The third kappa shape index (κ3) is 3.05. The summed E-state index contributed by atoms with van der Waals surface area (Å²) < 4.78 is 14.1. The van der Waals surface area contributed by atoms with Gasteiger partial charge < -0.3 is 5.32 Å². The highest BCUT2D eigenvalue weighted by Gasteiger charge is 2.29. The van der Waals surface area contributed by atoms with Gasteiger partial charge in [0.1, 0.15) is 5.82 Å². The van der Waals surface area contributed by atoms with Gasteiger partial charge in [0.15, 0.2) is 0 Å². The average molecular weight is 286 g/mol. The molecule has 2 rings (SSSR count). The van der Waals surface area contributed by atoms with E-state index in [1.807, 2.05) is 7.05 Å². The minimum atomic E-state index is -0.148. The van der Waals surface area contributed by atoms with Crippen LogP contribution in [0.2, 0.25) is 0 Å². The molecule has 1 fully saturated rings. The van der Waals surface area contributed by atoms with Crippen LogP contribution >= 0.6 is 15.9 Å². The fourth-order valence-corrected chi connectivity index (χ4v) is 2.61. The van der Waals surface area contributed by atoms with Crippen molar-refractivity contribution in [3.8, 4) is 0 Å². The van der Waals surface area contributed by atoms with Crippen LogP contribution in [0.4, 0.5) is 4.39 Å². The van der Waals surface area contributed by atoms with Crippen molar-refractivity contribution in [1.29, 1.82) is 0 Å². The highest BCUT2D eigenvalue weighted by molar-refractivity contribution is 9.10. The topological polar surface area (TPSA) is 12.0 Å². The lowest BCUT2D eigenvalue weighted by Gasteiger charge is -2.15. The number of hydrogen-bond donors (Lipinski definition) is 1. The van der Waals surface area contributed by atoms with Crippen LogP contribution in [0.3, 0.4) is 0 Å². The molecule has 1 aliphatic rings. The zero-order valence-electron chi connectivity index (χ0n) is 9.47. The van der Waals surface area contributed by atoms with E-state index >= 15 is 0 Å². The van der Waals surface area contributed by atoms with Crippen molar-refractivity contribution in [3.05, 3.63) is 34.1 Å². The Balaban J connectivity index is 1.95. The summed E-state index contributed by atoms with van der Waals surface area (Å²) >= 11 is 3.47. The second-order valence-electron chi connectivity index (χ2n) is 4.51. The number of rotatable bonds is 5. The van der Waals surface area contributed by atoms with Gasteiger partial charge in [0.2, 0.25) is 0 Å². The van der Waals surface area contributed by atoms with Gasteiger partial charge in [-0.3, -0.25) is 0 Å². The maximum atomic E-state index is 13.1. The summed E-state index contributed by atoms with van der Waals surface area (Å²) in [6, 6.07) is 5.50. The fraction of sp³-hybridized carbons (Fsp3) is 0.538. The predicted molar refractivity (Wildman–Crippen MR) is 68.0 cm³/mol. The molecule has 1 unspecified atom stereocenters. The Morgan fingerprint density at radius 1 is 1.50 bits per heavy atom. The zero-order chi connectivity index (χ0) is 11.5. The van der Waals surface area contributed by atoms with Crippen LogP contribution in [0.25, 0.3) is 0 Å². The van der Waals surface area contributed by atoms with E-state index in [4.69, 9.17) is 0 Å². The summed E-state index contributed by atoms with van der Waals surface area (Å²) in [6.45, 7) is 0. The van der Waals surface area contributed by atoms with E-state index in [2.05, 4.69) is 21.2 Å². The number of hydrogen-bond acceptors (Lipinski definition) is 1. The number of benzene rings is 1. The molecule has 88 valence electrons. The number of aryl methyl sites for hydroxylation is 1. The molecule has 0 heterocycles. The lowest BCUT2D eigenvalue weighted by atomic mass is 10.0. The smallest absolute Gasteiger partial charge is 0.123 e. The van der Waals surface area contributed by atoms with Crippen LogP contribution in [0, 0.1) is 11.7 Å². The first-order valence-electron chi connectivity index (χ1n) is 5.82. The van der Waals surface area contributed by atoms with E-state index in [1.165, 1.54) is 18.9 Å². The second-order valence-corrected chi connectivity index (χ2v) is 5.36. The van der Waals surface area contributed by atoms with Crippen molar-refractivity contribution in [1.82, 2.24) is 5.32 Å². The lowest BCUT2D eigenvalue weighted by molar-refractivity contribution is 0.469. The van der Waals surface area contributed by atoms with Gasteiger partial charge in [-0.2, -0.15) is 0 Å². The first-order chi connectivity index (χ1) is 7.70. The maximum absolute atomic E-state index is 13.1. The summed E-state index contributed by atoms with van der Waals surface area (Å²) in [5.74, 6) is 0.697. The van der Waals surface area contributed by atoms with Crippen LogP contribution < -0.4 is 5.32 Å². The molecular weight excluding hydrogens is 269 g/mol. The molecule has 1 aromatic rings. The van der Waals surface area contributed by atoms with Crippen molar-refractivity contribution in [2.75, 3.05) is 7.05 Å². The molecule has 0 spiro atoms. The fourth-order valence-electron chi connectivity index (χ4n) is 2.16. The van der Waals surface area contributed by atoms with E-state index in [0.29, 0.717) is 6.04 Å². The highest BCUT2D eigenvalue weighted by Crippen LogP contribution is 2.34. The molecule has 3 heteroatoms. The standard InChI is InChI=1S/C13H17BrFN/c1-16-13(9-2-3-9)7-4-10-8-11(15)5-6-12(10)14/h5-6,8-9,13,16H,2-4,7H2,1H3. The van der Waals surface area contributed by atoms with Gasteiger partial charge >= 0.3 is 0 Å². The Morgan fingerprint density at radius 3 is 2.88 bits per heavy atom. The summed E-state index contributed by atoms with van der Waals surface area (Å²) in [6.07, 6.45) is 4.70. The van der Waals surface area contributed by atoms with Crippen LogP contribution in [-0.2, 0) is 6.42 Å². The Kier molecular flexibility index (Phi) is 3.98. The lowest BCUT2D eigenvalue weighted by Crippen LogP contribution is -2.27. The van der Waals surface area contributed by atoms with Crippen LogP contribution in [-0.4, -0.2) is 13.1 Å². The second kappa shape index (κ2) is 5.28. The van der Waals surface area contributed by atoms with Crippen LogP contribution in [0.1, 0.15) is 24.8 Å². The van der Waals surface area contributed by atoms with E-state index in [-0.39, 0.29) is 5.82 Å². The Morgan fingerprint density at radius 2 is 2.25 bits per heavy atom. The van der Waals surface area contributed by atoms with Gasteiger partial charge in [-0.1, -0.05) is 15.9 Å². The third-order valence-corrected chi connectivity index (χ3v) is 4.07. The number of nitrogens with one attached hydrogen (secondary N) is 1. The summed E-state index contributed by atoms with van der Waals surface area (Å²) in [5.41, 5.74) is 1.07. The molecule has 0 aliphatic heterocycles. The Labute approximate surface area is 105 Å². The molecule has 0 aromatic heterocycles. The molecule has 1 aliphatic carbocycles. The molecular formula is C13H17BrFN. The summed E-state index contributed by atoms with van der Waals surface area (Å²) in [7, 11) is 2.02. The van der Waals surface area contributed by atoms with Crippen molar-refractivity contribution < 1.29 is 4.39 Å². The minimum absolute atomic E-state index is 0.148. The van der Waals surface area contributed by atoms with Gasteiger partial charge in [0.05, 0.1) is 0 Å². The largest absolute Gasteiger partial charge is 0.317 e. The van der Waals surface area contributed by atoms with E-state index in [9.17, 15) is 4.39 Å². The van der Waals surface area contributed by atoms with Crippen molar-refractivity contribution >= 4 is 15.9 Å². The first-order valence-corrected chi connectivity index (χ1v) is 6.61. The Hall–Kier alpha value is -0.410. The molecule has 0 amide bonds. The summed E-state index contributed by atoms with van der Waals surface area (Å²) in [5, 5.41) is 3.36. The zero-order valence-corrected chi connectivity index (χ0v) is 11.1. The predicted octanol–water partition coefficient (Wildman–Crippen LogP) is 3.52. The monoisotopic (exact) mass is 285 g/mol. The molecule has 16 heavy (non-hydrogen) atoms. The van der Waals surface area contributed by atoms with Gasteiger partial charge in [0, 0.05) is 10.5 Å². The van der Waals surface area contributed by atoms with E-state index < -0.39 is 0 Å². The SMILES string of the molecule is CNC(CCc1cc(F)ccc1Br)C1CC1. The molecule has 1 nitrogen and oxygen atoms in total. The average Bonchev–Trinajstić information content (AvgIpc) is 3.08. The quantitative estimate of drug-likeness (QED) is 0.873. The van der Waals surface area contributed by atoms with E-state index in [1.54, 1.807) is 12.1 Å². The normalized spacial score (nSPS) is 17.4. The van der Waals surface area contributed by atoms with Crippen molar-refractivity contribution in [2.24, 2.45) is 5.92 Å². The molecule has 1 atom stereocenters. The molecule has 1 saturated carbocycles. The maximum Gasteiger partial charge on any atom is 0.123 e. The molecule has 0 bridgehead atoms. The van der Waals surface area contributed by atoms with Crippen LogP contribution in [0.15, 0.2) is 22.7 Å². The van der Waals surface area contributed by atoms with Gasteiger partial charge in [-0.15, -0.1) is 0 Å². The van der Waals surface area contributed by atoms with E-state index in [0.717, 1.165) is 28.8 Å². The van der Waals surface area contributed by atoms with Gasteiger partial charge in [-0.25, -0.2) is 4.39 Å².